The lowest BCUT2D eigenvalue weighted by Gasteiger charge is -2.48. The van der Waals surface area contributed by atoms with Crippen molar-refractivity contribution in [2.24, 2.45) is 17.8 Å². The third-order valence-corrected chi connectivity index (χ3v) is 5.63. The Kier molecular flexibility index (Phi) is 6.35. The molecule has 0 radical (unpaired) electrons. The van der Waals surface area contributed by atoms with Crippen LogP contribution in [0.1, 0.15) is 66.2 Å². The minimum absolute atomic E-state index is 0.792. The smallest absolute Gasteiger partial charge is 0.0224 e. The van der Waals surface area contributed by atoms with Crippen LogP contribution in [0.25, 0.3) is 0 Å². The molecule has 20 heavy (non-hydrogen) atoms. The fraction of sp³-hybridized carbons (Fsp3) is 1.00. The van der Waals surface area contributed by atoms with E-state index in [4.69, 9.17) is 0 Å². The number of rotatable bonds is 5. The Morgan fingerprint density at radius 3 is 2.60 bits per heavy atom. The molecular formula is C18H36N2. The first-order valence-electron chi connectivity index (χ1n) is 9.10. The van der Waals surface area contributed by atoms with Crippen LogP contribution in [-0.2, 0) is 0 Å². The van der Waals surface area contributed by atoms with Crippen LogP contribution in [0.3, 0.4) is 0 Å². The lowest BCUT2D eigenvalue weighted by atomic mass is 9.72. The van der Waals surface area contributed by atoms with E-state index < -0.39 is 0 Å². The predicted molar refractivity (Wildman–Crippen MR) is 88.0 cm³/mol. The number of nitrogens with one attached hydrogen (secondary N) is 1. The molecule has 0 aromatic carbocycles. The summed E-state index contributed by atoms with van der Waals surface area (Å²) in [4.78, 5) is 2.91. The molecule has 2 aliphatic rings. The van der Waals surface area contributed by atoms with E-state index >= 15 is 0 Å². The first-order chi connectivity index (χ1) is 9.63. The maximum atomic E-state index is 3.63. The first-order valence-corrected chi connectivity index (χ1v) is 9.10. The molecule has 1 N–H and O–H groups in total. The second-order valence-corrected chi connectivity index (χ2v) is 7.63. The van der Waals surface area contributed by atoms with Gasteiger partial charge in [0.2, 0.25) is 0 Å². The average Bonchev–Trinajstić information content (AvgIpc) is 2.45. The zero-order valence-electron chi connectivity index (χ0n) is 14.2. The van der Waals surface area contributed by atoms with Crippen molar-refractivity contribution in [2.45, 2.75) is 78.3 Å². The summed E-state index contributed by atoms with van der Waals surface area (Å²) in [6.45, 7) is 13.4. The van der Waals surface area contributed by atoms with Crippen molar-refractivity contribution in [1.29, 1.82) is 0 Å². The molecule has 4 unspecified atom stereocenters. The van der Waals surface area contributed by atoms with Gasteiger partial charge in [-0.15, -0.1) is 0 Å². The quantitative estimate of drug-likeness (QED) is 0.821. The summed E-state index contributed by atoms with van der Waals surface area (Å²) in [5, 5.41) is 3.63. The van der Waals surface area contributed by atoms with Crippen LogP contribution < -0.4 is 5.32 Å². The van der Waals surface area contributed by atoms with Crippen molar-refractivity contribution < 1.29 is 0 Å². The van der Waals surface area contributed by atoms with E-state index in [2.05, 4.69) is 37.9 Å². The fourth-order valence-corrected chi connectivity index (χ4v) is 4.53. The highest BCUT2D eigenvalue weighted by Gasteiger charge is 2.37. The van der Waals surface area contributed by atoms with Gasteiger partial charge in [-0.3, -0.25) is 4.90 Å². The van der Waals surface area contributed by atoms with Gasteiger partial charge in [-0.1, -0.05) is 34.1 Å². The molecule has 2 fully saturated rings. The minimum atomic E-state index is 0.792. The van der Waals surface area contributed by atoms with E-state index in [0.29, 0.717) is 0 Å². The lowest BCUT2D eigenvalue weighted by molar-refractivity contribution is 0.0207. The van der Waals surface area contributed by atoms with Crippen LogP contribution in [0.2, 0.25) is 0 Å². The molecule has 1 heterocycles. The molecule has 0 spiro atoms. The molecule has 1 aliphatic heterocycles. The minimum Gasteiger partial charge on any atom is -0.315 e. The van der Waals surface area contributed by atoms with Gasteiger partial charge in [0.1, 0.15) is 0 Å². The van der Waals surface area contributed by atoms with Gasteiger partial charge in [0.05, 0.1) is 0 Å². The zero-order valence-corrected chi connectivity index (χ0v) is 14.2. The van der Waals surface area contributed by atoms with Crippen LogP contribution >= 0.6 is 0 Å². The Morgan fingerprint density at radius 2 is 2.00 bits per heavy atom. The Hall–Kier alpha value is -0.0800. The molecule has 0 amide bonds. The van der Waals surface area contributed by atoms with Gasteiger partial charge in [-0.25, -0.2) is 0 Å². The Balaban J connectivity index is 2.10. The zero-order chi connectivity index (χ0) is 14.5. The number of hydrogen-bond acceptors (Lipinski definition) is 2. The second kappa shape index (κ2) is 7.79. The Labute approximate surface area is 126 Å². The van der Waals surface area contributed by atoms with Crippen molar-refractivity contribution in [3.05, 3.63) is 0 Å². The van der Waals surface area contributed by atoms with E-state index in [-0.39, 0.29) is 0 Å². The summed E-state index contributed by atoms with van der Waals surface area (Å²) >= 11 is 0. The van der Waals surface area contributed by atoms with Gasteiger partial charge >= 0.3 is 0 Å². The van der Waals surface area contributed by atoms with Crippen LogP contribution in [0, 0.1) is 17.8 Å². The molecular weight excluding hydrogens is 244 g/mol. The summed E-state index contributed by atoms with van der Waals surface area (Å²) in [6.07, 6.45) is 8.39. The molecule has 2 rings (SSSR count). The second-order valence-electron chi connectivity index (χ2n) is 7.63. The lowest BCUT2D eigenvalue weighted by Crippen LogP contribution is -2.55. The number of hydrogen-bond donors (Lipinski definition) is 1. The summed E-state index contributed by atoms with van der Waals surface area (Å²) < 4.78 is 0. The van der Waals surface area contributed by atoms with Crippen molar-refractivity contribution in [1.82, 2.24) is 10.2 Å². The van der Waals surface area contributed by atoms with Gasteiger partial charge in [-0.2, -0.15) is 0 Å². The summed E-state index contributed by atoms with van der Waals surface area (Å²) in [7, 11) is 0. The number of nitrogens with zero attached hydrogens (tertiary/aromatic N) is 1. The normalized spacial score (nSPS) is 35.7. The fourth-order valence-electron chi connectivity index (χ4n) is 4.53. The SMILES string of the molecule is CCCN(C1CCCNC1)C1CC(C)CCC1C(C)C. The van der Waals surface area contributed by atoms with Gasteiger partial charge in [0.15, 0.2) is 0 Å². The molecule has 0 aromatic heterocycles. The topological polar surface area (TPSA) is 15.3 Å². The third kappa shape index (κ3) is 3.98. The Bertz CT molecular complexity index is 271. The average molecular weight is 280 g/mol. The molecule has 2 heteroatoms. The number of piperidine rings is 1. The van der Waals surface area contributed by atoms with Crippen LogP contribution in [-0.4, -0.2) is 36.6 Å². The maximum absolute atomic E-state index is 3.63. The highest BCUT2D eigenvalue weighted by molar-refractivity contribution is 4.91. The van der Waals surface area contributed by atoms with Crippen molar-refractivity contribution in [3.63, 3.8) is 0 Å². The van der Waals surface area contributed by atoms with Crippen LogP contribution in [0.4, 0.5) is 0 Å². The maximum Gasteiger partial charge on any atom is 0.0224 e. The molecule has 1 saturated carbocycles. The molecule has 1 saturated heterocycles. The van der Waals surface area contributed by atoms with Crippen molar-refractivity contribution in [3.8, 4) is 0 Å². The summed E-state index contributed by atoms with van der Waals surface area (Å²) in [5.41, 5.74) is 0. The predicted octanol–water partition coefficient (Wildman–Crippen LogP) is 3.91. The van der Waals surface area contributed by atoms with Gasteiger partial charge < -0.3 is 5.32 Å². The highest BCUT2D eigenvalue weighted by atomic mass is 15.2. The van der Waals surface area contributed by atoms with Gasteiger partial charge in [0.25, 0.3) is 0 Å². The molecule has 0 aromatic rings. The summed E-state index contributed by atoms with van der Waals surface area (Å²) in [6, 6.07) is 1.63. The van der Waals surface area contributed by atoms with Gasteiger partial charge in [-0.05, 0) is 62.9 Å². The Morgan fingerprint density at radius 1 is 1.20 bits per heavy atom. The molecule has 4 atom stereocenters. The van der Waals surface area contributed by atoms with Crippen LogP contribution in [0.5, 0.6) is 0 Å². The largest absolute Gasteiger partial charge is 0.315 e. The van der Waals surface area contributed by atoms with E-state index in [9.17, 15) is 0 Å². The monoisotopic (exact) mass is 280 g/mol. The molecule has 1 aliphatic carbocycles. The molecule has 0 bridgehead atoms. The highest BCUT2D eigenvalue weighted by Crippen LogP contribution is 2.37. The standard InChI is InChI=1S/C18H36N2/c1-5-11-20(16-7-6-10-19-13-16)18-12-15(4)8-9-17(18)14(2)3/h14-19H,5-13H2,1-4H3. The van der Waals surface area contributed by atoms with Crippen molar-refractivity contribution in [2.75, 3.05) is 19.6 Å². The first kappa shape index (κ1) is 16.3. The van der Waals surface area contributed by atoms with E-state index in [1.807, 2.05) is 0 Å². The van der Waals surface area contributed by atoms with E-state index in [1.54, 1.807) is 0 Å². The van der Waals surface area contributed by atoms with E-state index in [1.165, 1.54) is 58.2 Å². The third-order valence-electron chi connectivity index (χ3n) is 5.63. The van der Waals surface area contributed by atoms with Crippen LogP contribution in [0.15, 0.2) is 0 Å². The molecule has 2 nitrogen and oxygen atoms in total. The molecule has 118 valence electrons. The summed E-state index contributed by atoms with van der Waals surface area (Å²) in [5.74, 6) is 2.67. The van der Waals surface area contributed by atoms with Crippen molar-refractivity contribution >= 4 is 0 Å². The van der Waals surface area contributed by atoms with E-state index in [0.717, 1.165) is 29.8 Å². The van der Waals surface area contributed by atoms with Gasteiger partial charge in [0, 0.05) is 18.6 Å².